The molecule has 0 nitrogen and oxygen atoms in total. The molecule has 0 N–H and O–H groups in total. The van der Waals surface area contributed by atoms with Gasteiger partial charge in [0.1, 0.15) is 8.07 Å². The summed E-state index contributed by atoms with van der Waals surface area (Å²) in [6, 6.07) is 3.90. The number of rotatable bonds is 0. The Morgan fingerprint density at radius 2 is 1.71 bits per heavy atom. The number of halogens is 4. The maximum absolute atomic E-state index is 12.6. The van der Waals surface area contributed by atoms with Crippen LogP contribution in [0.5, 0.6) is 0 Å². The van der Waals surface area contributed by atoms with Crippen molar-refractivity contribution in [3.63, 3.8) is 0 Å². The van der Waals surface area contributed by atoms with Crippen LogP contribution in [0.4, 0.5) is 13.2 Å². The third-order valence-corrected chi connectivity index (χ3v) is 3.30. The lowest BCUT2D eigenvalue weighted by atomic mass is 10.1. The smallest absolute Gasteiger partial charge is 0.166 e. The summed E-state index contributed by atoms with van der Waals surface area (Å²) in [4.78, 5) is 0. The van der Waals surface area contributed by atoms with Crippen molar-refractivity contribution in [3.05, 3.63) is 32.9 Å². The molecule has 0 aliphatic carbocycles. The molecule has 0 atom stereocenters. The Hall–Kier alpha value is -0.483. The Morgan fingerprint density at radius 3 is 2.18 bits per heavy atom. The lowest BCUT2D eigenvalue weighted by molar-refractivity contribution is -0.137. The Labute approximate surface area is 114 Å². The van der Waals surface area contributed by atoms with Crippen molar-refractivity contribution in [1.82, 2.24) is 0 Å². The quantitative estimate of drug-likeness (QED) is 0.358. The monoisotopic (exact) mass is 368 g/mol. The molecule has 0 unspecified atom stereocenters. The lowest BCUT2D eigenvalue weighted by Crippen LogP contribution is -2.16. The van der Waals surface area contributed by atoms with Crippen molar-refractivity contribution in [1.29, 1.82) is 0 Å². The molecule has 0 saturated carbocycles. The van der Waals surface area contributed by atoms with Gasteiger partial charge in [-0.2, -0.15) is 13.2 Å². The summed E-state index contributed by atoms with van der Waals surface area (Å²) >= 11 is 1.88. The largest absolute Gasteiger partial charge is 0.416 e. The Balaban J connectivity index is 3.18. The second-order valence-electron chi connectivity index (χ2n) is 4.73. The van der Waals surface area contributed by atoms with E-state index >= 15 is 0 Å². The Bertz CT molecular complexity index is 475. The van der Waals surface area contributed by atoms with E-state index in [4.69, 9.17) is 0 Å². The van der Waals surface area contributed by atoms with Crippen molar-refractivity contribution in [2.45, 2.75) is 25.8 Å². The topological polar surface area (TPSA) is 0 Å². The first-order valence-corrected chi connectivity index (χ1v) is 9.57. The third-order valence-electron chi connectivity index (χ3n) is 1.81. The van der Waals surface area contributed by atoms with Gasteiger partial charge < -0.3 is 0 Å². The van der Waals surface area contributed by atoms with Crippen LogP contribution in [0.1, 0.15) is 11.1 Å². The molecular formula is C12H12F3ISi. The fourth-order valence-electron chi connectivity index (χ4n) is 1.09. The zero-order chi connectivity index (χ0) is 13.3. The first-order valence-electron chi connectivity index (χ1n) is 4.99. The van der Waals surface area contributed by atoms with E-state index in [1.165, 1.54) is 0 Å². The van der Waals surface area contributed by atoms with Crippen LogP contribution in [0.3, 0.4) is 0 Å². The van der Waals surface area contributed by atoms with Gasteiger partial charge in [-0.25, -0.2) is 0 Å². The van der Waals surface area contributed by atoms with E-state index in [1.54, 1.807) is 6.07 Å². The highest BCUT2D eigenvalue weighted by Gasteiger charge is 2.30. The molecule has 1 aromatic carbocycles. The van der Waals surface area contributed by atoms with Gasteiger partial charge in [-0.15, -0.1) is 5.54 Å². The van der Waals surface area contributed by atoms with Crippen LogP contribution < -0.4 is 0 Å². The molecular weight excluding hydrogens is 356 g/mol. The second kappa shape index (κ2) is 5.02. The van der Waals surface area contributed by atoms with Crippen LogP contribution in [-0.4, -0.2) is 8.07 Å². The van der Waals surface area contributed by atoms with Crippen LogP contribution in [0.25, 0.3) is 0 Å². The average Bonchev–Trinajstić information content (AvgIpc) is 2.11. The van der Waals surface area contributed by atoms with E-state index in [1.807, 2.05) is 22.6 Å². The van der Waals surface area contributed by atoms with E-state index in [2.05, 4.69) is 31.1 Å². The molecule has 0 radical (unpaired) electrons. The molecule has 5 heteroatoms. The van der Waals surface area contributed by atoms with Crippen molar-refractivity contribution in [2.24, 2.45) is 0 Å². The predicted molar refractivity (Wildman–Crippen MR) is 74.4 cm³/mol. The first-order chi connectivity index (χ1) is 7.58. The molecule has 0 aromatic heterocycles. The van der Waals surface area contributed by atoms with Gasteiger partial charge in [0.2, 0.25) is 0 Å². The number of hydrogen-bond donors (Lipinski definition) is 0. The molecule has 0 bridgehead atoms. The van der Waals surface area contributed by atoms with Gasteiger partial charge in [-0.1, -0.05) is 25.6 Å². The molecule has 1 rings (SSSR count). The lowest BCUT2D eigenvalue weighted by Gasteiger charge is -2.08. The van der Waals surface area contributed by atoms with E-state index in [0.717, 1.165) is 12.1 Å². The maximum Gasteiger partial charge on any atom is 0.416 e. The molecule has 17 heavy (non-hydrogen) atoms. The van der Waals surface area contributed by atoms with Gasteiger partial charge >= 0.3 is 6.18 Å². The highest BCUT2D eigenvalue weighted by atomic mass is 127. The van der Waals surface area contributed by atoms with Crippen LogP contribution in [0.15, 0.2) is 18.2 Å². The van der Waals surface area contributed by atoms with Gasteiger partial charge in [-0.3, -0.25) is 0 Å². The zero-order valence-electron chi connectivity index (χ0n) is 9.74. The summed E-state index contributed by atoms with van der Waals surface area (Å²) in [6.07, 6.45) is -4.31. The molecule has 0 spiro atoms. The van der Waals surface area contributed by atoms with Crippen LogP contribution in [-0.2, 0) is 6.18 Å². The standard InChI is InChI=1S/C12H12F3ISi/c1-17(2,3)5-4-9-6-10(12(13,14)15)8-11(16)7-9/h6-8H,1-3H3. The summed E-state index contributed by atoms with van der Waals surface area (Å²) in [5.74, 6) is 2.84. The molecule has 0 amide bonds. The summed E-state index contributed by atoms with van der Waals surface area (Å²) in [5.41, 5.74) is 2.86. The van der Waals surface area contributed by atoms with Crippen LogP contribution >= 0.6 is 22.6 Å². The Morgan fingerprint density at radius 1 is 1.12 bits per heavy atom. The first kappa shape index (κ1) is 14.6. The van der Waals surface area contributed by atoms with Gasteiger partial charge in [0.05, 0.1) is 5.56 Å². The molecule has 0 heterocycles. The molecule has 0 aliphatic heterocycles. The third kappa shape index (κ3) is 5.13. The zero-order valence-corrected chi connectivity index (χ0v) is 12.9. The minimum Gasteiger partial charge on any atom is -0.166 e. The summed E-state index contributed by atoms with van der Waals surface area (Å²) < 4.78 is 38.3. The molecule has 0 saturated heterocycles. The Kier molecular flexibility index (Phi) is 4.31. The van der Waals surface area contributed by atoms with Crippen molar-refractivity contribution >= 4 is 30.7 Å². The van der Waals surface area contributed by atoms with Crippen molar-refractivity contribution < 1.29 is 13.2 Å². The van der Waals surface area contributed by atoms with Crippen LogP contribution in [0.2, 0.25) is 19.6 Å². The SMILES string of the molecule is C[Si](C)(C)C#Cc1cc(I)cc(C(F)(F)F)c1. The summed E-state index contributed by atoms with van der Waals surface area (Å²) in [6.45, 7) is 6.16. The maximum atomic E-state index is 12.6. The van der Waals surface area contributed by atoms with E-state index < -0.39 is 19.8 Å². The van der Waals surface area contributed by atoms with Gasteiger partial charge in [0, 0.05) is 9.13 Å². The fourth-order valence-corrected chi connectivity index (χ4v) is 2.28. The highest BCUT2D eigenvalue weighted by molar-refractivity contribution is 14.1. The number of alkyl halides is 3. The molecule has 92 valence electrons. The predicted octanol–water partition coefficient (Wildman–Crippen LogP) is 4.54. The molecule has 1 aromatic rings. The normalized spacial score (nSPS) is 11.9. The average molecular weight is 368 g/mol. The summed E-state index contributed by atoms with van der Waals surface area (Å²) in [5, 5.41) is 0. The van der Waals surface area contributed by atoms with E-state index in [-0.39, 0.29) is 0 Å². The minimum absolute atomic E-state index is 0.437. The van der Waals surface area contributed by atoms with Crippen LogP contribution in [0, 0.1) is 15.0 Å². The molecule has 0 aliphatic rings. The second-order valence-corrected chi connectivity index (χ2v) is 10.7. The molecule has 0 fully saturated rings. The fraction of sp³-hybridized carbons (Fsp3) is 0.333. The van der Waals surface area contributed by atoms with Crippen molar-refractivity contribution in [3.8, 4) is 11.5 Å². The van der Waals surface area contributed by atoms with Gasteiger partial charge in [0.15, 0.2) is 0 Å². The van der Waals surface area contributed by atoms with E-state index in [9.17, 15) is 13.2 Å². The summed E-state index contributed by atoms with van der Waals surface area (Å²) in [7, 11) is -1.57. The number of benzene rings is 1. The number of hydrogen-bond acceptors (Lipinski definition) is 0. The van der Waals surface area contributed by atoms with Gasteiger partial charge in [0.25, 0.3) is 0 Å². The van der Waals surface area contributed by atoms with E-state index in [0.29, 0.717) is 9.13 Å². The minimum atomic E-state index is -4.31. The van der Waals surface area contributed by atoms with Crippen molar-refractivity contribution in [2.75, 3.05) is 0 Å². The highest BCUT2D eigenvalue weighted by Crippen LogP contribution is 2.30. The van der Waals surface area contributed by atoms with Gasteiger partial charge in [-0.05, 0) is 40.8 Å².